The summed E-state index contributed by atoms with van der Waals surface area (Å²) < 4.78 is 20.6. The maximum atomic E-state index is 13.4. The van der Waals surface area contributed by atoms with Crippen LogP contribution in [0, 0.1) is 5.82 Å². The van der Waals surface area contributed by atoms with Gasteiger partial charge in [0.05, 0.1) is 12.3 Å². The molecule has 3 aromatic rings. The van der Waals surface area contributed by atoms with E-state index in [1.807, 2.05) is 13.0 Å². The molecule has 2 aromatic heterocycles. The number of benzene rings is 1. The number of nitrogens with one attached hydrogen (secondary N) is 1. The van der Waals surface area contributed by atoms with E-state index in [1.54, 1.807) is 24.3 Å². The molecule has 1 atom stereocenters. The van der Waals surface area contributed by atoms with Gasteiger partial charge in [0, 0.05) is 32.6 Å². The number of aromatic nitrogens is 3. The minimum absolute atomic E-state index is 0.215. The third kappa shape index (κ3) is 3.96. The number of carbonyl (C=O) groups excluding carboxylic acids is 1. The van der Waals surface area contributed by atoms with Crippen molar-refractivity contribution in [2.75, 3.05) is 13.1 Å². The molecule has 0 fully saturated rings. The summed E-state index contributed by atoms with van der Waals surface area (Å²) in [5, 5.41) is 11.5. The van der Waals surface area contributed by atoms with Crippen LogP contribution >= 0.6 is 0 Å². The Labute approximate surface area is 162 Å². The standard InChI is InChI=1S/C20H22FN5O2/c1-14(22-20(27)17-6-3-11-28-17)19-24-23-18-7-8-25(9-10-26(18)19)13-15-4-2-5-16(21)12-15/h2-6,11-12,14H,7-10,13H2,1H3,(H,22,27)/t14-/m0/s1. The van der Waals surface area contributed by atoms with Crippen LogP contribution in [0.1, 0.15) is 40.7 Å². The van der Waals surface area contributed by atoms with Crippen LogP contribution < -0.4 is 5.32 Å². The van der Waals surface area contributed by atoms with Gasteiger partial charge in [0.15, 0.2) is 11.6 Å². The van der Waals surface area contributed by atoms with Crippen molar-refractivity contribution < 1.29 is 13.6 Å². The molecule has 1 aromatic carbocycles. The van der Waals surface area contributed by atoms with Gasteiger partial charge in [-0.1, -0.05) is 12.1 Å². The molecule has 1 N–H and O–H groups in total. The van der Waals surface area contributed by atoms with Crippen LogP contribution in [0.15, 0.2) is 47.1 Å². The van der Waals surface area contributed by atoms with Crippen molar-refractivity contribution in [1.82, 2.24) is 25.0 Å². The molecule has 4 rings (SSSR count). The van der Waals surface area contributed by atoms with Crippen LogP contribution in [0.25, 0.3) is 0 Å². The molecule has 1 amide bonds. The van der Waals surface area contributed by atoms with Crippen molar-refractivity contribution >= 4 is 5.91 Å². The number of nitrogens with zero attached hydrogens (tertiary/aromatic N) is 4. The second-order valence-corrected chi connectivity index (χ2v) is 6.95. The fraction of sp³-hybridized carbons (Fsp3) is 0.350. The Hall–Kier alpha value is -3.00. The lowest BCUT2D eigenvalue weighted by molar-refractivity contribution is 0.0909. The SMILES string of the molecule is C[C@H](NC(=O)c1ccco1)c1nnc2n1CCN(Cc1cccc(F)c1)CC2. The molecule has 0 radical (unpaired) electrons. The molecule has 0 saturated heterocycles. The Kier molecular flexibility index (Phi) is 5.21. The first-order chi connectivity index (χ1) is 13.6. The van der Waals surface area contributed by atoms with Gasteiger partial charge in [-0.15, -0.1) is 10.2 Å². The first-order valence-corrected chi connectivity index (χ1v) is 9.33. The zero-order chi connectivity index (χ0) is 19.5. The summed E-state index contributed by atoms with van der Waals surface area (Å²) in [6, 6.07) is 9.70. The van der Waals surface area contributed by atoms with Gasteiger partial charge < -0.3 is 14.3 Å². The number of carbonyl (C=O) groups is 1. The molecule has 0 aliphatic carbocycles. The predicted molar refractivity (Wildman–Crippen MR) is 100.0 cm³/mol. The van der Waals surface area contributed by atoms with E-state index in [-0.39, 0.29) is 23.5 Å². The zero-order valence-electron chi connectivity index (χ0n) is 15.6. The molecule has 1 aliphatic rings. The predicted octanol–water partition coefficient (Wildman–Crippen LogP) is 2.56. The highest BCUT2D eigenvalue weighted by Gasteiger charge is 2.23. The Balaban J connectivity index is 1.42. The Morgan fingerprint density at radius 2 is 2.14 bits per heavy atom. The van der Waals surface area contributed by atoms with Crippen LogP contribution in [0.3, 0.4) is 0 Å². The third-order valence-electron chi connectivity index (χ3n) is 4.92. The zero-order valence-corrected chi connectivity index (χ0v) is 15.6. The number of fused-ring (bicyclic) bond motifs is 1. The van der Waals surface area contributed by atoms with Crippen molar-refractivity contribution in [2.24, 2.45) is 0 Å². The molecule has 0 bridgehead atoms. The Morgan fingerprint density at radius 1 is 1.25 bits per heavy atom. The third-order valence-corrected chi connectivity index (χ3v) is 4.92. The summed E-state index contributed by atoms with van der Waals surface area (Å²) in [6.07, 6.45) is 2.22. The molecule has 7 nitrogen and oxygen atoms in total. The molecule has 3 heterocycles. The van der Waals surface area contributed by atoms with Gasteiger partial charge >= 0.3 is 0 Å². The lowest BCUT2D eigenvalue weighted by Crippen LogP contribution is -2.30. The molecule has 8 heteroatoms. The monoisotopic (exact) mass is 383 g/mol. The van der Waals surface area contributed by atoms with Gasteiger partial charge in [0.25, 0.3) is 5.91 Å². The van der Waals surface area contributed by atoms with E-state index in [2.05, 4.69) is 25.0 Å². The van der Waals surface area contributed by atoms with Crippen molar-refractivity contribution in [3.63, 3.8) is 0 Å². The minimum Gasteiger partial charge on any atom is -0.459 e. The van der Waals surface area contributed by atoms with Crippen molar-refractivity contribution in [1.29, 1.82) is 0 Å². The van der Waals surface area contributed by atoms with E-state index in [1.165, 1.54) is 12.3 Å². The van der Waals surface area contributed by atoms with E-state index in [0.29, 0.717) is 13.1 Å². The van der Waals surface area contributed by atoms with Gasteiger partial charge in [0.1, 0.15) is 11.6 Å². The maximum absolute atomic E-state index is 13.4. The fourth-order valence-electron chi connectivity index (χ4n) is 3.50. The molecular formula is C20H22FN5O2. The lowest BCUT2D eigenvalue weighted by Gasteiger charge is -2.20. The molecule has 0 spiro atoms. The molecule has 28 heavy (non-hydrogen) atoms. The highest BCUT2D eigenvalue weighted by atomic mass is 19.1. The summed E-state index contributed by atoms with van der Waals surface area (Å²) in [5.41, 5.74) is 0.956. The fourth-order valence-corrected chi connectivity index (χ4v) is 3.50. The number of rotatable bonds is 5. The maximum Gasteiger partial charge on any atom is 0.287 e. The van der Waals surface area contributed by atoms with Crippen LogP contribution in [-0.4, -0.2) is 38.7 Å². The number of amides is 1. The number of hydrogen-bond acceptors (Lipinski definition) is 5. The van der Waals surface area contributed by atoms with Crippen LogP contribution in [0.2, 0.25) is 0 Å². The van der Waals surface area contributed by atoms with E-state index < -0.39 is 0 Å². The molecule has 0 unspecified atom stereocenters. The van der Waals surface area contributed by atoms with E-state index >= 15 is 0 Å². The minimum atomic E-state index is -0.298. The quantitative estimate of drug-likeness (QED) is 0.733. The first kappa shape index (κ1) is 18.4. The summed E-state index contributed by atoms with van der Waals surface area (Å²) in [7, 11) is 0. The highest BCUT2D eigenvalue weighted by molar-refractivity contribution is 5.91. The summed E-state index contributed by atoms with van der Waals surface area (Å²) >= 11 is 0. The average Bonchev–Trinajstić information content (AvgIpc) is 3.30. The van der Waals surface area contributed by atoms with Crippen molar-refractivity contribution in [3.8, 4) is 0 Å². The van der Waals surface area contributed by atoms with Gasteiger partial charge in [-0.05, 0) is 36.8 Å². The van der Waals surface area contributed by atoms with Crippen LogP contribution in [0.5, 0.6) is 0 Å². The average molecular weight is 383 g/mol. The Morgan fingerprint density at radius 3 is 2.93 bits per heavy atom. The molecule has 0 saturated carbocycles. The van der Waals surface area contributed by atoms with Gasteiger partial charge in [-0.25, -0.2) is 4.39 Å². The summed E-state index contributed by atoms with van der Waals surface area (Å²) in [6.45, 7) is 4.91. The van der Waals surface area contributed by atoms with Crippen LogP contribution in [-0.2, 0) is 19.5 Å². The first-order valence-electron chi connectivity index (χ1n) is 9.33. The van der Waals surface area contributed by atoms with E-state index in [0.717, 1.165) is 36.7 Å². The molecule has 146 valence electrons. The van der Waals surface area contributed by atoms with Gasteiger partial charge in [-0.3, -0.25) is 9.69 Å². The normalized spacial score (nSPS) is 15.6. The smallest absolute Gasteiger partial charge is 0.287 e. The van der Waals surface area contributed by atoms with E-state index in [9.17, 15) is 9.18 Å². The highest BCUT2D eigenvalue weighted by Crippen LogP contribution is 2.17. The second-order valence-electron chi connectivity index (χ2n) is 6.95. The summed E-state index contributed by atoms with van der Waals surface area (Å²) in [5.74, 6) is 1.39. The van der Waals surface area contributed by atoms with Gasteiger partial charge in [-0.2, -0.15) is 0 Å². The molecule has 1 aliphatic heterocycles. The lowest BCUT2D eigenvalue weighted by atomic mass is 10.2. The Bertz CT molecular complexity index is 953. The van der Waals surface area contributed by atoms with Crippen molar-refractivity contribution in [2.45, 2.75) is 32.5 Å². The van der Waals surface area contributed by atoms with Gasteiger partial charge in [0.2, 0.25) is 0 Å². The van der Waals surface area contributed by atoms with Crippen LogP contribution in [0.4, 0.5) is 4.39 Å². The number of hydrogen-bond donors (Lipinski definition) is 1. The molecular weight excluding hydrogens is 361 g/mol. The second kappa shape index (κ2) is 7.93. The number of furan rings is 1. The largest absolute Gasteiger partial charge is 0.459 e. The van der Waals surface area contributed by atoms with E-state index in [4.69, 9.17) is 4.42 Å². The summed E-state index contributed by atoms with van der Waals surface area (Å²) in [4.78, 5) is 14.5. The van der Waals surface area contributed by atoms with Crippen molar-refractivity contribution in [3.05, 3.63) is 71.5 Å². The topological polar surface area (TPSA) is 76.2 Å². The number of halogens is 1.